The van der Waals surface area contributed by atoms with Gasteiger partial charge in [0.05, 0.1) is 19.8 Å². The van der Waals surface area contributed by atoms with Gasteiger partial charge in [0.25, 0.3) is 5.91 Å². The van der Waals surface area contributed by atoms with E-state index >= 15 is 0 Å². The first kappa shape index (κ1) is 23.2. The van der Waals surface area contributed by atoms with Gasteiger partial charge in [0, 0.05) is 19.3 Å². The van der Waals surface area contributed by atoms with E-state index in [4.69, 9.17) is 23.7 Å². The molecule has 1 aliphatic rings. The molecule has 1 heterocycles. The number of hydrogen-bond acceptors (Lipinski definition) is 8. The standard InChI is InChI=1S/C20H29NO8/c1-19(2)28-15(10-11-22)16(29-19)20(18(24)26-4,12-27-13-25-3)21-17(23)14-8-6-5-7-9-14/h5-9,15-16,22H,10-13H2,1-4H3,(H,21,23)/t15-,16+,20+/m1/s1. The van der Waals surface area contributed by atoms with Crippen molar-refractivity contribution in [3.8, 4) is 0 Å². The zero-order valence-electron chi connectivity index (χ0n) is 17.2. The summed E-state index contributed by atoms with van der Waals surface area (Å²) in [6, 6.07) is 8.44. The Morgan fingerprint density at radius 3 is 2.48 bits per heavy atom. The second-order valence-electron chi connectivity index (χ2n) is 7.14. The van der Waals surface area contributed by atoms with E-state index in [0.29, 0.717) is 5.56 Å². The first-order valence-corrected chi connectivity index (χ1v) is 9.29. The van der Waals surface area contributed by atoms with E-state index in [1.165, 1.54) is 14.2 Å². The van der Waals surface area contributed by atoms with Crippen LogP contribution in [0.1, 0.15) is 30.6 Å². The second-order valence-corrected chi connectivity index (χ2v) is 7.14. The molecule has 29 heavy (non-hydrogen) atoms. The summed E-state index contributed by atoms with van der Waals surface area (Å²) in [5, 5.41) is 12.2. The minimum Gasteiger partial charge on any atom is -0.467 e. The molecule has 1 aromatic carbocycles. The predicted octanol–water partition coefficient (Wildman–Crippen LogP) is 0.851. The molecular formula is C20H29NO8. The fourth-order valence-corrected chi connectivity index (χ4v) is 3.34. The van der Waals surface area contributed by atoms with E-state index < -0.39 is 35.4 Å². The highest BCUT2D eigenvalue weighted by atomic mass is 16.8. The van der Waals surface area contributed by atoms with Gasteiger partial charge >= 0.3 is 5.97 Å². The number of rotatable bonds is 10. The lowest BCUT2D eigenvalue weighted by Crippen LogP contribution is -2.67. The van der Waals surface area contributed by atoms with Crippen molar-refractivity contribution in [3.63, 3.8) is 0 Å². The molecule has 3 atom stereocenters. The number of carbonyl (C=O) groups is 2. The summed E-state index contributed by atoms with van der Waals surface area (Å²) < 4.78 is 27.3. The molecule has 2 N–H and O–H groups in total. The van der Waals surface area contributed by atoms with Gasteiger partial charge in [-0.25, -0.2) is 4.79 Å². The Morgan fingerprint density at radius 2 is 1.90 bits per heavy atom. The Balaban J connectivity index is 2.46. The lowest BCUT2D eigenvalue weighted by Gasteiger charge is -2.37. The first-order valence-electron chi connectivity index (χ1n) is 9.29. The second kappa shape index (κ2) is 10.1. The molecule has 9 nitrogen and oxygen atoms in total. The third kappa shape index (κ3) is 5.52. The van der Waals surface area contributed by atoms with E-state index in [1.54, 1.807) is 44.2 Å². The topological polar surface area (TPSA) is 113 Å². The lowest BCUT2D eigenvalue weighted by molar-refractivity contribution is -0.175. The molecule has 0 bridgehead atoms. The number of carbonyl (C=O) groups excluding carboxylic acids is 2. The first-order chi connectivity index (χ1) is 13.8. The molecule has 0 aliphatic carbocycles. The molecule has 1 aromatic rings. The van der Waals surface area contributed by atoms with Crippen molar-refractivity contribution in [2.75, 3.05) is 34.2 Å². The average Bonchev–Trinajstić information content (AvgIpc) is 3.02. The number of hydrogen-bond donors (Lipinski definition) is 2. The number of methoxy groups -OCH3 is 2. The average molecular weight is 411 g/mol. The van der Waals surface area contributed by atoms with Gasteiger partial charge in [-0.2, -0.15) is 0 Å². The molecule has 162 valence electrons. The minimum atomic E-state index is -1.73. The summed E-state index contributed by atoms with van der Waals surface area (Å²) in [5.41, 5.74) is -1.38. The van der Waals surface area contributed by atoms with Gasteiger partial charge in [-0.1, -0.05) is 18.2 Å². The highest BCUT2D eigenvalue weighted by Crippen LogP contribution is 2.36. The van der Waals surface area contributed by atoms with Gasteiger partial charge in [0.1, 0.15) is 12.9 Å². The van der Waals surface area contributed by atoms with Crippen LogP contribution in [0.3, 0.4) is 0 Å². The van der Waals surface area contributed by atoms with E-state index in [9.17, 15) is 14.7 Å². The normalized spacial score (nSPS) is 22.7. The summed E-state index contributed by atoms with van der Waals surface area (Å²) in [7, 11) is 2.65. The Hall–Kier alpha value is -2.04. The maximum atomic E-state index is 13.0. The summed E-state index contributed by atoms with van der Waals surface area (Å²) in [5.74, 6) is -2.30. The van der Waals surface area contributed by atoms with Crippen LogP contribution < -0.4 is 5.32 Å². The Bertz CT molecular complexity index is 680. The SMILES string of the molecule is COCOC[C@@](NC(=O)c1ccccc1)(C(=O)OC)[C@H]1OC(C)(C)O[C@@H]1CCO. The number of aliphatic hydroxyl groups is 1. The lowest BCUT2D eigenvalue weighted by atomic mass is 9.87. The van der Waals surface area contributed by atoms with Crippen molar-refractivity contribution in [3.05, 3.63) is 35.9 Å². The Labute approximate surface area is 170 Å². The number of ether oxygens (including phenoxy) is 5. The third-order valence-electron chi connectivity index (χ3n) is 4.54. The van der Waals surface area contributed by atoms with Crippen molar-refractivity contribution in [2.45, 2.75) is 43.8 Å². The smallest absolute Gasteiger partial charge is 0.336 e. The van der Waals surface area contributed by atoms with Crippen LogP contribution in [-0.2, 0) is 28.5 Å². The summed E-state index contributed by atoms with van der Waals surface area (Å²) in [6.45, 7) is 2.80. The molecule has 1 aliphatic heterocycles. The maximum Gasteiger partial charge on any atom is 0.336 e. The van der Waals surface area contributed by atoms with Crippen LogP contribution in [0.2, 0.25) is 0 Å². The van der Waals surface area contributed by atoms with E-state index in [1.807, 2.05) is 0 Å². The van der Waals surface area contributed by atoms with Crippen molar-refractivity contribution in [2.24, 2.45) is 0 Å². The number of nitrogens with one attached hydrogen (secondary N) is 1. The van der Waals surface area contributed by atoms with Crippen LogP contribution in [0.4, 0.5) is 0 Å². The number of benzene rings is 1. The zero-order valence-corrected chi connectivity index (χ0v) is 17.2. The van der Waals surface area contributed by atoms with Gasteiger partial charge in [-0.15, -0.1) is 0 Å². The van der Waals surface area contributed by atoms with Crippen molar-refractivity contribution >= 4 is 11.9 Å². The number of amides is 1. The fraction of sp³-hybridized carbons (Fsp3) is 0.600. The predicted molar refractivity (Wildman–Crippen MR) is 102 cm³/mol. The Morgan fingerprint density at radius 1 is 1.21 bits per heavy atom. The largest absolute Gasteiger partial charge is 0.467 e. The minimum absolute atomic E-state index is 0.110. The molecule has 1 fully saturated rings. The van der Waals surface area contributed by atoms with Gasteiger partial charge in [0.15, 0.2) is 11.3 Å². The zero-order chi connectivity index (χ0) is 21.5. The number of aliphatic hydroxyl groups excluding tert-OH is 1. The molecular weight excluding hydrogens is 382 g/mol. The summed E-state index contributed by atoms with van der Waals surface area (Å²) in [4.78, 5) is 25.9. The van der Waals surface area contributed by atoms with Crippen LogP contribution in [0, 0.1) is 0 Å². The Kier molecular flexibility index (Phi) is 8.12. The highest BCUT2D eigenvalue weighted by Gasteiger charge is 2.58. The van der Waals surface area contributed by atoms with Gasteiger partial charge in [-0.05, 0) is 32.4 Å². The van der Waals surface area contributed by atoms with Gasteiger partial charge < -0.3 is 34.1 Å². The quantitative estimate of drug-likeness (QED) is 0.331. The van der Waals surface area contributed by atoms with Gasteiger partial charge in [-0.3, -0.25) is 4.79 Å². The van der Waals surface area contributed by atoms with E-state index in [-0.39, 0.29) is 26.4 Å². The highest BCUT2D eigenvalue weighted by molar-refractivity contribution is 5.98. The van der Waals surface area contributed by atoms with Crippen LogP contribution in [0.15, 0.2) is 30.3 Å². The van der Waals surface area contributed by atoms with Crippen LogP contribution >= 0.6 is 0 Å². The van der Waals surface area contributed by atoms with Crippen LogP contribution in [0.25, 0.3) is 0 Å². The van der Waals surface area contributed by atoms with Gasteiger partial charge in [0.2, 0.25) is 0 Å². The summed E-state index contributed by atoms with van der Waals surface area (Å²) >= 11 is 0. The molecule has 0 saturated carbocycles. The molecule has 1 saturated heterocycles. The fourth-order valence-electron chi connectivity index (χ4n) is 3.34. The maximum absolute atomic E-state index is 13.0. The molecule has 0 unspecified atom stereocenters. The van der Waals surface area contributed by atoms with E-state index in [2.05, 4.69) is 5.32 Å². The molecule has 0 radical (unpaired) electrons. The monoisotopic (exact) mass is 411 g/mol. The molecule has 1 amide bonds. The molecule has 0 aromatic heterocycles. The van der Waals surface area contributed by atoms with Crippen molar-refractivity contribution in [1.29, 1.82) is 0 Å². The summed E-state index contributed by atoms with van der Waals surface area (Å²) in [6.07, 6.45) is -1.46. The van der Waals surface area contributed by atoms with Crippen LogP contribution in [-0.4, -0.2) is 74.7 Å². The van der Waals surface area contributed by atoms with E-state index in [0.717, 1.165) is 0 Å². The van der Waals surface area contributed by atoms with Crippen molar-refractivity contribution < 1.29 is 38.4 Å². The molecule has 0 spiro atoms. The third-order valence-corrected chi connectivity index (χ3v) is 4.54. The molecule has 2 rings (SSSR count). The molecule has 9 heteroatoms. The van der Waals surface area contributed by atoms with Crippen LogP contribution in [0.5, 0.6) is 0 Å². The number of esters is 1. The van der Waals surface area contributed by atoms with Crippen molar-refractivity contribution in [1.82, 2.24) is 5.32 Å².